The Morgan fingerprint density at radius 3 is 2.00 bits per heavy atom. The highest BCUT2D eigenvalue weighted by Crippen LogP contribution is 2.63. The van der Waals surface area contributed by atoms with E-state index < -0.39 is 75.2 Å². The molecule has 2 bridgehead atoms. The number of aliphatic hydroxyl groups is 2. The van der Waals surface area contributed by atoms with Gasteiger partial charge in [-0.15, -0.1) is 0 Å². The lowest BCUT2D eigenvalue weighted by molar-refractivity contribution is -0.203. The van der Waals surface area contributed by atoms with Crippen molar-refractivity contribution in [2.75, 3.05) is 0 Å². The summed E-state index contributed by atoms with van der Waals surface area (Å²) >= 11 is 0. The minimum atomic E-state index is -2.24. The molecule has 0 amide bonds. The Hall–Kier alpha value is -3.39. The summed E-state index contributed by atoms with van der Waals surface area (Å²) in [5.74, 6) is -9.61. The van der Waals surface area contributed by atoms with E-state index in [1.807, 2.05) is 0 Å². The summed E-state index contributed by atoms with van der Waals surface area (Å²) in [4.78, 5) is 66.8. The predicted molar refractivity (Wildman–Crippen MR) is 130 cm³/mol. The Kier molecular flexibility index (Phi) is 6.98. The average molecular weight is 497 g/mol. The smallest absolute Gasteiger partial charge is 0.317 e. The van der Waals surface area contributed by atoms with Crippen LogP contribution in [0.2, 0.25) is 0 Å². The summed E-state index contributed by atoms with van der Waals surface area (Å²) in [6, 6.07) is 0. The average Bonchev–Trinajstić information content (AvgIpc) is 3.01. The first-order valence-electron chi connectivity index (χ1n) is 11.9. The third-order valence-electron chi connectivity index (χ3n) is 7.79. The molecule has 1 saturated heterocycles. The van der Waals surface area contributed by atoms with Crippen LogP contribution in [0.1, 0.15) is 41.5 Å². The molecule has 1 aliphatic heterocycles. The van der Waals surface area contributed by atoms with Crippen LogP contribution in [0.25, 0.3) is 0 Å². The molecule has 4 aliphatic rings. The molecule has 3 aliphatic carbocycles. The number of ketones is 4. The van der Waals surface area contributed by atoms with Gasteiger partial charge in [0.1, 0.15) is 22.7 Å². The number of carbonyl (C=O) groups is 5. The number of hydrogen-bond donors (Lipinski definition) is 2. The fraction of sp³-hybridized carbons (Fsp3) is 0.464. The molecule has 0 radical (unpaired) electrons. The summed E-state index contributed by atoms with van der Waals surface area (Å²) in [5.41, 5.74) is -6.57. The zero-order chi connectivity index (χ0) is 27.2. The van der Waals surface area contributed by atoms with Crippen LogP contribution in [0.15, 0.2) is 59.9 Å². The highest BCUT2D eigenvalue weighted by molar-refractivity contribution is 6.25. The monoisotopic (exact) mass is 496 g/mol. The van der Waals surface area contributed by atoms with Crippen molar-refractivity contribution in [2.45, 2.75) is 52.7 Å². The largest absolute Gasteiger partial charge is 0.508 e. The highest BCUT2D eigenvalue weighted by Gasteiger charge is 2.77. The summed E-state index contributed by atoms with van der Waals surface area (Å²) in [7, 11) is 0. The maximum atomic E-state index is 13.8. The van der Waals surface area contributed by atoms with Gasteiger partial charge < -0.3 is 14.9 Å². The molecule has 4 fully saturated rings. The lowest BCUT2D eigenvalue weighted by Gasteiger charge is -2.60. The maximum Gasteiger partial charge on any atom is 0.317 e. The number of fused-ring (bicyclic) bond motifs is 3. The summed E-state index contributed by atoms with van der Waals surface area (Å²) < 4.78 is 5.56. The van der Waals surface area contributed by atoms with E-state index in [4.69, 9.17) is 4.74 Å². The highest BCUT2D eigenvalue weighted by atomic mass is 16.6. The third kappa shape index (κ3) is 3.66. The van der Waals surface area contributed by atoms with Crippen molar-refractivity contribution in [3.63, 3.8) is 0 Å². The number of carbonyl (C=O) groups excluding carboxylic acids is 5. The van der Waals surface area contributed by atoms with Gasteiger partial charge in [-0.25, -0.2) is 0 Å². The Balaban J connectivity index is 2.39. The predicted octanol–water partition coefficient (Wildman–Crippen LogP) is 2.92. The number of allylic oxidation sites excluding steroid dienone is 8. The van der Waals surface area contributed by atoms with Crippen molar-refractivity contribution in [3.05, 3.63) is 59.9 Å². The molecular weight excluding hydrogens is 464 g/mol. The fourth-order valence-electron chi connectivity index (χ4n) is 6.04. The molecule has 4 rings (SSSR count). The second kappa shape index (κ2) is 9.24. The van der Waals surface area contributed by atoms with Gasteiger partial charge in [-0.05, 0) is 53.7 Å². The maximum absolute atomic E-state index is 13.8. The topological polar surface area (TPSA) is 135 Å². The van der Waals surface area contributed by atoms with Crippen molar-refractivity contribution in [1.29, 1.82) is 0 Å². The van der Waals surface area contributed by atoms with Crippen LogP contribution in [0, 0.1) is 29.1 Å². The van der Waals surface area contributed by atoms with Crippen LogP contribution >= 0.6 is 0 Å². The first kappa shape index (κ1) is 27.2. The van der Waals surface area contributed by atoms with E-state index in [1.54, 1.807) is 38.2 Å². The first-order chi connectivity index (χ1) is 16.7. The fourth-order valence-corrected chi connectivity index (χ4v) is 6.04. The minimum Gasteiger partial charge on any atom is -0.508 e. The van der Waals surface area contributed by atoms with E-state index in [1.165, 1.54) is 52.0 Å². The van der Waals surface area contributed by atoms with Crippen LogP contribution in [0.4, 0.5) is 0 Å². The molecule has 36 heavy (non-hydrogen) atoms. The number of Topliss-reactive ketones (excluding diaryl/α,β-unsaturated/α-hetero) is 3. The summed E-state index contributed by atoms with van der Waals surface area (Å²) in [6.45, 7) is 8.66. The van der Waals surface area contributed by atoms with E-state index in [0.717, 1.165) is 0 Å². The number of esters is 1. The van der Waals surface area contributed by atoms with Crippen LogP contribution in [-0.2, 0) is 28.7 Å². The van der Waals surface area contributed by atoms with Gasteiger partial charge in [-0.1, -0.05) is 36.5 Å². The Morgan fingerprint density at radius 2 is 1.50 bits per heavy atom. The van der Waals surface area contributed by atoms with Gasteiger partial charge in [0.15, 0.2) is 28.7 Å². The van der Waals surface area contributed by atoms with E-state index >= 15 is 0 Å². The summed E-state index contributed by atoms with van der Waals surface area (Å²) in [6.07, 6.45) is 11.9. The van der Waals surface area contributed by atoms with Crippen LogP contribution in [0.5, 0.6) is 0 Å². The molecule has 192 valence electrons. The van der Waals surface area contributed by atoms with Crippen LogP contribution < -0.4 is 0 Å². The van der Waals surface area contributed by atoms with Gasteiger partial charge in [-0.2, -0.15) is 0 Å². The molecule has 1 heterocycles. The molecular formula is C28H32O8. The van der Waals surface area contributed by atoms with Crippen molar-refractivity contribution >= 4 is 29.1 Å². The van der Waals surface area contributed by atoms with E-state index in [9.17, 15) is 34.2 Å². The quantitative estimate of drug-likeness (QED) is 0.188. The van der Waals surface area contributed by atoms with Crippen molar-refractivity contribution < 1.29 is 38.9 Å². The minimum absolute atomic E-state index is 0.279. The van der Waals surface area contributed by atoms with E-state index in [2.05, 4.69) is 0 Å². The van der Waals surface area contributed by atoms with Crippen molar-refractivity contribution in [1.82, 2.24) is 0 Å². The summed E-state index contributed by atoms with van der Waals surface area (Å²) in [5, 5.41) is 22.5. The molecule has 3 saturated carbocycles. The van der Waals surface area contributed by atoms with Gasteiger partial charge in [0, 0.05) is 23.3 Å². The molecule has 8 heteroatoms. The van der Waals surface area contributed by atoms with E-state index in [-0.39, 0.29) is 5.57 Å². The SMILES string of the molecule is C/C=C/C=C/C(=O)[C@@H]1[C@@H]([C@]2(C)OC(=O)[C@@H](C)C2=O)[C@H]2\C(=C(O)/C=C/C=C/C)C(=O)[C@]1(C)C(=O)[C@]2(C)O. The molecule has 0 unspecified atom stereocenters. The number of aliphatic hydroxyl groups excluding tert-OH is 1. The number of rotatable bonds is 6. The second-order valence-electron chi connectivity index (χ2n) is 10.1. The molecule has 8 nitrogen and oxygen atoms in total. The standard InChI is InChI=1S/C28H32O8/c1-7-9-11-13-16(29)18-20-21(28(6)22(31)15(3)24(33)36-28)19(17(30)14-12-10-8-2)26(4,23(18)32)25(34)27(20,5)35/h7-15,19-21,29,35H,1-6H3/b9-7+,10-8+,13-11+,14-12+,18-16-/t15-,19+,20+,21+,26+,27+,28-/m0/s1. The Morgan fingerprint density at radius 1 is 0.944 bits per heavy atom. The number of hydrogen-bond acceptors (Lipinski definition) is 8. The number of ether oxygens (including phenoxy) is 1. The molecule has 0 aromatic carbocycles. The Labute approximate surface area is 210 Å². The molecule has 2 N–H and O–H groups in total. The van der Waals surface area contributed by atoms with Crippen molar-refractivity contribution in [2.24, 2.45) is 29.1 Å². The molecule has 0 spiro atoms. The number of cyclic esters (lactones) is 1. The second-order valence-corrected chi connectivity index (χ2v) is 10.1. The van der Waals surface area contributed by atoms with Gasteiger partial charge in [0.25, 0.3) is 0 Å². The molecule has 7 atom stereocenters. The van der Waals surface area contributed by atoms with Gasteiger partial charge in [0.2, 0.25) is 0 Å². The van der Waals surface area contributed by atoms with Gasteiger partial charge >= 0.3 is 5.97 Å². The van der Waals surface area contributed by atoms with E-state index in [0.29, 0.717) is 0 Å². The van der Waals surface area contributed by atoms with Crippen LogP contribution in [0.3, 0.4) is 0 Å². The zero-order valence-corrected chi connectivity index (χ0v) is 21.3. The van der Waals surface area contributed by atoms with Gasteiger partial charge in [0.05, 0.1) is 0 Å². The lowest BCUT2D eigenvalue weighted by Crippen LogP contribution is -2.75. The van der Waals surface area contributed by atoms with Crippen molar-refractivity contribution in [3.8, 4) is 0 Å². The first-order valence-corrected chi connectivity index (χ1v) is 11.9. The normalized spacial score (nSPS) is 40.4. The van der Waals surface area contributed by atoms with Crippen LogP contribution in [-0.4, -0.2) is 50.5 Å². The molecule has 0 aromatic heterocycles. The molecule has 0 aromatic rings. The van der Waals surface area contributed by atoms with Gasteiger partial charge in [-0.3, -0.25) is 24.0 Å². The lowest BCUT2D eigenvalue weighted by atomic mass is 9.40. The third-order valence-corrected chi connectivity index (χ3v) is 7.79. The zero-order valence-electron chi connectivity index (χ0n) is 21.3. The Bertz CT molecular complexity index is 1180.